The van der Waals surface area contributed by atoms with E-state index in [-0.39, 0.29) is 0 Å². The first-order valence-electron chi connectivity index (χ1n) is 5.60. The molecule has 1 aromatic rings. The first kappa shape index (κ1) is 10.6. The van der Waals surface area contributed by atoms with Gasteiger partial charge in [0.2, 0.25) is 11.8 Å². The standard InChI is InChI=1S/C11H19N3O/c1-11(2)7-8(11)10-14-13-9(15-10)5-4-6-12-3/h8,12H,4-7H2,1-3H3. The van der Waals surface area contributed by atoms with E-state index < -0.39 is 0 Å². The molecule has 1 aliphatic carbocycles. The summed E-state index contributed by atoms with van der Waals surface area (Å²) in [7, 11) is 1.95. The second-order valence-electron chi connectivity index (χ2n) is 4.99. The Balaban J connectivity index is 1.88. The van der Waals surface area contributed by atoms with E-state index in [0.29, 0.717) is 11.3 Å². The lowest BCUT2D eigenvalue weighted by Crippen LogP contribution is -2.08. The van der Waals surface area contributed by atoms with Crippen molar-refractivity contribution < 1.29 is 4.42 Å². The van der Waals surface area contributed by atoms with Crippen molar-refractivity contribution in [2.75, 3.05) is 13.6 Å². The lowest BCUT2D eigenvalue weighted by Gasteiger charge is -1.97. The highest BCUT2D eigenvalue weighted by Crippen LogP contribution is 2.58. The molecule has 1 aromatic heterocycles. The molecule has 0 spiro atoms. The monoisotopic (exact) mass is 209 g/mol. The summed E-state index contributed by atoms with van der Waals surface area (Å²) in [4.78, 5) is 0. The molecular formula is C11H19N3O. The van der Waals surface area contributed by atoms with Crippen LogP contribution in [0.3, 0.4) is 0 Å². The van der Waals surface area contributed by atoms with Crippen molar-refractivity contribution in [1.29, 1.82) is 0 Å². The molecule has 1 fully saturated rings. The molecule has 0 amide bonds. The summed E-state index contributed by atoms with van der Waals surface area (Å²) < 4.78 is 5.64. The van der Waals surface area contributed by atoms with Crippen LogP contribution in [0, 0.1) is 5.41 Å². The molecular weight excluding hydrogens is 190 g/mol. The maximum atomic E-state index is 5.64. The fourth-order valence-corrected chi connectivity index (χ4v) is 1.81. The normalized spacial score (nSPS) is 23.0. The zero-order valence-corrected chi connectivity index (χ0v) is 9.71. The number of nitrogens with one attached hydrogen (secondary N) is 1. The van der Waals surface area contributed by atoms with E-state index in [0.717, 1.165) is 31.2 Å². The van der Waals surface area contributed by atoms with E-state index in [2.05, 4.69) is 29.4 Å². The average molecular weight is 209 g/mol. The van der Waals surface area contributed by atoms with Crippen LogP contribution in [0.15, 0.2) is 4.42 Å². The van der Waals surface area contributed by atoms with Crippen LogP contribution in [0.25, 0.3) is 0 Å². The molecule has 1 N–H and O–H groups in total. The molecule has 1 aliphatic rings. The third-order valence-corrected chi connectivity index (χ3v) is 3.11. The van der Waals surface area contributed by atoms with Gasteiger partial charge < -0.3 is 9.73 Å². The maximum absolute atomic E-state index is 5.64. The Kier molecular flexibility index (Phi) is 2.78. The molecule has 15 heavy (non-hydrogen) atoms. The highest BCUT2D eigenvalue weighted by atomic mass is 16.4. The van der Waals surface area contributed by atoms with Gasteiger partial charge in [-0.25, -0.2) is 0 Å². The van der Waals surface area contributed by atoms with E-state index in [1.54, 1.807) is 0 Å². The first-order valence-corrected chi connectivity index (χ1v) is 5.60. The minimum atomic E-state index is 0.370. The van der Waals surface area contributed by atoms with Gasteiger partial charge >= 0.3 is 0 Å². The van der Waals surface area contributed by atoms with Crippen LogP contribution in [0.1, 0.15) is 44.4 Å². The van der Waals surface area contributed by atoms with Crippen molar-refractivity contribution in [2.45, 2.75) is 39.0 Å². The van der Waals surface area contributed by atoms with Gasteiger partial charge in [-0.2, -0.15) is 0 Å². The van der Waals surface area contributed by atoms with Crippen LogP contribution in [0.5, 0.6) is 0 Å². The van der Waals surface area contributed by atoms with Crippen molar-refractivity contribution in [3.63, 3.8) is 0 Å². The summed E-state index contributed by atoms with van der Waals surface area (Å²) in [5, 5.41) is 11.3. The van der Waals surface area contributed by atoms with Gasteiger partial charge in [0, 0.05) is 12.3 Å². The van der Waals surface area contributed by atoms with Crippen molar-refractivity contribution >= 4 is 0 Å². The van der Waals surface area contributed by atoms with Gasteiger partial charge in [0.1, 0.15) is 0 Å². The third-order valence-electron chi connectivity index (χ3n) is 3.11. The van der Waals surface area contributed by atoms with Crippen molar-refractivity contribution in [3.05, 3.63) is 11.8 Å². The summed E-state index contributed by atoms with van der Waals surface area (Å²) in [5.41, 5.74) is 0.370. The van der Waals surface area contributed by atoms with Gasteiger partial charge in [0.05, 0.1) is 0 Å². The maximum Gasteiger partial charge on any atom is 0.220 e. The Bertz CT molecular complexity index is 332. The molecule has 4 nitrogen and oxygen atoms in total. The van der Waals surface area contributed by atoms with Crippen molar-refractivity contribution in [3.8, 4) is 0 Å². The largest absolute Gasteiger partial charge is 0.425 e. The highest BCUT2D eigenvalue weighted by Gasteiger charge is 2.50. The molecule has 1 unspecified atom stereocenters. The third kappa shape index (κ3) is 2.37. The molecule has 0 aliphatic heterocycles. The predicted molar refractivity (Wildman–Crippen MR) is 57.7 cm³/mol. The first-order chi connectivity index (χ1) is 7.13. The average Bonchev–Trinajstić information content (AvgIpc) is 2.64. The van der Waals surface area contributed by atoms with Crippen molar-refractivity contribution in [2.24, 2.45) is 5.41 Å². The van der Waals surface area contributed by atoms with Gasteiger partial charge in [0.25, 0.3) is 0 Å². The number of aryl methyl sites for hydroxylation is 1. The molecule has 84 valence electrons. The van der Waals surface area contributed by atoms with E-state index in [9.17, 15) is 0 Å². The van der Waals surface area contributed by atoms with Crippen LogP contribution in [0.4, 0.5) is 0 Å². The Labute approximate surface area is 90.5 Å². The van der Waals surface area contributed by atoms with Gasteiger partial charge in [-0.05, 0) is 31.8 Å². The quantitative estimate of drug-likeness (QED) is 0.750. The van der Waals surface area contributed by atoms with Crippen LogP contribution in [0.2, 0.25) is 0 Å². The van der Waals surface area contributed by atoms with Gasteiger partial charge in [-0.1, -0.05) is 13.8 Å². The van der Waals surface area contributed by atoms with Crippen LogP contribution in [-0.4, -0.2) is 23.8 Å². The SMILES string of the molecule is CNCCCc1nnc(C2CC2(C)C)o1. The zero-order chi connectivity index (χ0) is 10.9. The Morgan fingerprint density at radius 1 is 1.47 bits per heavy atom. The second-order valence-corrected chi connectivity index (χ2v) is 4.99. The molecule has 1 saturated carbocycles. The lowest BCUT2D eigenvalue weighted by atomic mass is 10.1. The van der Waals surface area contributed by atoms with Crippen LogP contribution < -0.4 is 5.32 Å². The summed E-state index contributed by atoms with van der Waals surface area (Å²) in [5.74, 6) is 2.10. The lowest BCUT2D eigenvalue weighted by molar-refractivity contribution is 0.427. The zero-order valence-electron chi connectivity index (χ0n) is 9.71. The Hall–Kier alpha value is -0.900. The van der Waals surface area contributed by atoms with E-state index >= 15 is 0 Å². The van der Waals surface area contributed by atoms with E-state index in [1.165, 1.54) is 6.42 Å². The van der Waals surface area contributed by atoms with Crippen molar-refractivity contribution in [1.82, 2.24) is 15.5 Å². The van der Waals surface area contributed by atoms with E-state index in [4.69, 9.17) is 4.42 Å². The van der Waals surface area contributed by atoms with Crippen LogP contribution >= 0.6 is 0 Å². The van der Waals surface area contributed by atoms with Crippen LogP contribution in [-0.2, 0) is 6.42 Å². The molecule has 1 atom stereocenters. The molecule has 0 bridgehead atoms. The molecule has 1 heterocycles. The predicted octanol–water partition coefficient (Wildman–Crippen LogP) is 1.74. The highest BCUT2D eigenvalue weighted by molar-refractivity contribution is 5.12. The molecule has 0 radical (unpaired) electrons. The number of rotatable bonds is 5. The van der Waals surface area contributed by atoms with Gasteiger partial charge in [-0.15, -0.1) is 10.2 Å². The fraction of sp³-hybridized carbons (Fsp3) is 0.818. The smallest absolute Gasteiger partial charge is 0.220 e. The number of hydrogen-bond donors (Lipinski definition) is 1. The summed E-state index contributed by atoms with van der Waals surface area (Å²) in [6.45, 7) is 5.47. The second kappa shape index (κ2) is 3.93. The summed E-state index contributed by atoms with van der Waals surface area (Å²) in [6.07, 6.45) is 3.10. The Morgan fingerprint density at radius 2 is 2.20 bits per heavy atom. The van der Waals surface area contributed by atoms with E-state index in [1.807, 2.05) is 7.05 Å². The number of nitrogens with zero attached hydrogens (tertiary/aromatic N) is 2. The molecule has 4 heteroatoms. The topological polar surface area (TPSA) is 51.0 Å². The molecule has 0 saturated heterocycles. The summed E-state index contributed by atoms with van der Waals surface area (Å²) in [6, 6.07) is 0. The van der Waals surface area contributed by atoms with Gasteiger partial charge in [0.15, 0.2) is 0 Å². The molecule has 2 rings (SSSR count). The minimum absolute atomic E-state index is 0.370. The fourth-order valence-electron chi connectivity index (χ4n) is 1.81. The Morgan fingerprint density at radius 3 is 2.80 bits per heavy atom. The van der Waals surface area contributed by atoms with Gasteiger partial charge in [-0.3, -0.25) is 0 Å². The summed E-state index contributed by atoms with van der Waals surface area (Å²) >= 11 is 0. The number of aromatic nitrogens is 2. The minimum Gasteiger partial charge on any atom is -0.425 e. The molecule has 0 aromatic carbocycles. The number of hydrogen-bond acceptors (Lipinski definition) is 4.